The van der Waals surface area contributed by atoms with Gasteiger partial charge in [0.2, 0.25) is 0 Å². The molecule has 0 saturated heterocycles. The minimum absolute atomic E-state index is 0.120. The summed E-state index contributed by atoms with van der Waals surface area (Å²) in [4.78, 5) is 10.2. The standard InChI is InChI=1S/C11H13BrN2O3/c1-3-9(14(15)16)7-13-10-5-4-8(12)6-11(10)17-2/h4-7,13H,3H2,1-2H3/b9-7-. The second-order valence-electron chi connectivity index (χ2n) is 3.24. The lowest BCUT2D eigenvalue weighted by Crippen LogP contribution is -2.01. The number of methoxy groups -OCH3 is 1. The predicted molar refractivity (Wildman–Crippen MR) is 69.7 cm³/mol. The highest BCUT2D eigenvalue weighted by atomic mass is 79.9. The Hall–Kier alpha value is -1.56. The van der Waals surface area contributed by atoms with Gasteiger partial charge in [-0.05, 0) is 18.2 Å². The maximum atomic E-state index is 10.6. The minimum Gasteiger partial charge on any atom is -0.495 e. The van der Waals surface area contributed by atoms with Crippen molar-refractivity contribution >= 4 is 21.6 Å². The molecule has 92 valence electrons. The van der Waals surface area contributed by atoms with Crippen LogP contribution in [0.2, 0.25) is 0 Å². The Morgan fingerprint density at radius 2 is 2.35 bits per heavy atom. The molecule has 0 atom stereocenters. The van der Waals surface area contributed by atoms with Gasteiger partial charge in [0.05, 0.1) is 23.9 Å². The van der Waals surface area contributed by atoms with E-state index in [0.29, 0.717) is 17.9 Å². The maximum absolute atomic E-state index is 10.6. The third-order valence-corrected chi connectivity index (χ3v) is 2.65. The van der Waals surface area contributed by atoms with Crippen LogP contribution in [0.4, 0.5) is 5.69 Å². The number of halogens is 1. The zero-order valence-electron chi connectivity index (χ0n) is 9.57. The Balaban J connectivity index is 2.91. The fourth-order valence-corrected chi connectivity index (χ4v) is 1.57. The van der Waals surface area contributed by atoms with Crippen LogP contribution < -0.4 is 10.1 Å². The van der Waals surface area contributed by atoms with Crippen molar-refractivity contribution in [1.82, 2.24) is 0 Å². The van der Waals surface area contributed by atoms with E-state index in [1.807, 2.05) is 6.07 Å². The van der Waals surface area contributed by atoms with E-state index in [-0.39, 0.29) is 5.70 Å². The van der Waals surface area contributed by atoms with Gasteiger partial charge in [-0.3, -0.25) is 10.1 Å². The SMILES string of the molecule is CC/C(=C/Nc1ccc(Br)cc1OC)[N+](=O)[O-]. The zero-order chi connectivity index (χ0) is 12.8. The van der Waals surface area contributed by atoms with Crippen LogP contribution in [0, 0.1) is 10.1 Å². The Kier molecular flexibility index (Phi) is 4.96. The van der Waals surface area contributed by atoms with Crippen LogP contribution in [0.5, 0.6) is 5.75 Å². The smallest absolute Gasteiger partial charge is 0.261 e. The van der Waals surface area contributed by atoms with E-state index >= 15 is 0 Å². The lowest BCUT2D eigenvalue weighted by Gasteiger charge is -2.08. The van der Waals surface area contributed by atoms with E-state index in [1.165, 1.54) is 6.20 Å². The molecular weight excluding hydrogens is 288 g/mol. The van der Waals surface area contributed by atoms with E-state index in [9.17, 15) is 10.1 Å². The van der Waals surface area contributed by atoms with Crippen molar-refractivity contribution < 1.29 is 9.66 Å². The zero-order valence-corrected chi connectivity index (χ0v) is 11.2. The van der Waals surface area contributed by atoms with E-state index in [4.69, 9.17) is 4.74 Å². The molecule has 0 aliphatic carbocycles. The largest absolute Gasteiger partial charge is 0.495 e. The van der Waals surface area contributed by atoms with Crippen molar-refractivity contribution in [2.45, 2.75) is 13.3 Å². The maximum Gasteiger partial charge on any atom is 0.261 e. The second kappa shape index (κ2) is 6.24. The van der Waals surface area contributed by atoms with Gasteiger partial charge in [0.25, 0.3) is 5.70 Å². The number of hydrogen-bond acceptors (Lipinski definition) is 4. The Labute approximate surface area is 108 Å². The van der Waals surface area contributed by atoms with Crippen LogP contribution in [0.1, 0.15) is 13.3 Å². The summed E-state index contributed by atoms with van der Waals surface area (Å²) in [5.41, 5.74) is 0.804. The van der Waals surface area contributed by atoms with Crippen LogP contribution in [0.3, 0.4) is 0 Å². The summed E-state index contributed by atoms with van der Waals surface area (Å²) < 4.78 is 6.04. The van der Waals surface area contributed by atoms with Crippen molar-refractivity contribution in [3.63, 3.8) is 0 Å². The average Bonchev–Trinajstić information content (AvgIpc) is 2.31. The van der Waals surface area contributed by atoms with Crippen LogP contribution in [0.25, 0.3) is 0 Å². The lowest BCUT2D eigenvalue weighted by atomic mass is 10.3. The van der Waals surface area contributed by atoms with Crippen molar-refractivity contribution in [3.05, 3.63) is 44.7 Å². The van der Waals surface area contributed by atoms with Gasteiger partial charge in [-0.2, -0.15) is 0 Å². The topological polar surface area (TPSA) is 64.4 Å². The summed E-state index contributed by atoms with van der Waals surface area (Å²) in [6.07, 6.45) is 1.74. The number of benzene rings is 1. The highest BCUT2D eigenvalue weighted by Crippen LogP contribution is 2.28. The van der Waals surface area contributed by atoms with Crippen molar-refractivity contribution in [1.29, 1.82) is 0 Å². The first kappa shape index (κ1) is 13.5. The predicted octanol–water partition coefficient (Wildman–Crippen LogP) is 3.40. The Bertz CT molecular complexity index is 446. The third-order valence-electron chi connectivity index (χ3n) is 2.15. The lowest BCUT2D eigenvalue weighted by molar-refractivity contribution is -0.427. The monoisotopic (exact) mass is 300 g/mol. The van der Waals surface area contributed by atoms with Crippen LogP contribution >= 0.6 is 15.9 Å². The highest BCUT2D eigenvalue weighted by molar-refractivity contribution is 9.10. The number of ether oxygens (including phenoxy) is 1. The molecule has 6 heteroatoms. The Morgan fingerprint density at radius 1 is 1.65 bits per heavy atom. The van der Waals surface area contributed by atoms with E-state index in [1.54, 1.807) is 26.2 Å². The third kappa shape index (κ3) is 3.74. The summed E-state index contributed by atoms with van der Waals surface area (Å²) >= 11 is 3.32. The molecule has 1 N–H and O–H groups in total. The summed E-state index contributed by atoms with van der Waals surface area (Å²) in [5.74, 6) is 0.620. The van der Waals surface area contributed by atoms with Crippen LogP contribution in [0.15, 0.2) is 34.6 Å². The first-order valence-corrected chi connectivity index (χ1v) is 5.81. The number of nitrogens with zero attached hydrogens (tertiary/aromatic N) is 1. The molecule has 0 fully saturated rings. The fourth-order valence-electron chi connectivity index (χ4n) is 1.23. The summed E-state index contributed by atoms with van der Waals surface area (Å²) in [6.45, 7) is 1.73. The average molecular weight is 301 g/mol. The molecule has 0 unspecified atom stereocenters. The molecule has 0 radical (unpaired) electrons. The molecule has 1 rings (SSSR count). The molecule has 0 bridgehead atoms. The number of nitrogens with one attached hydrogen (secondary N) is 1. The van der Waals surface area contributed by atoms with Gasteiger partial charge < -0.3 is 10.1 Å². The van der Waals surface area contributed by atoms with Gasteiger partial charge in [-0.1, -0.05) is 22.9 Å². The van der Waals surface area contributed by atoms with Gasteiger partial charge in [-0.25, -0.2) is 0 Å². The van der Waals surface area contributed by atoms with Gasteiger partial charge in [-0.15, -0.1) is 0 Å². The number of hydrogen-bond donors (Lipinski definition) is 1. The molecule has 0 aliphatic heterocycles. The summed E-state index contributed by atoms with van der Waals surface area (Å²) in [7, 11) is 1.55. The fraction of sp³-hybridized carbons (Fsp3) is 0.273. The number of rotatable bonds is 5. The molecule has 1 aromatic carbocycles. The van der Waals surface area contributed by atoms with E-state index in [2.05, 4.69) is 21.2 Å². The van der Waals surface area contributed by atoms with Gasteiger partial charge in [0.1, 0.15) is 5.75 Å². The molecule has 0 saturated carbocycles. The molecule has 0 aromatic heterocycles. The van der Waals surface area contributed by atoms with Gasteiger partial charge >= 0.3 is 0 Å². The van der Waals surface area contributed by atoms with Gasteiger partial charge in [0.15, 0.2) is 0 Å². The van der Waals surface area contributed by atoms with Crippen molar-refractivity contribution in [3.8, 4) is 5.75 Å². The van der Waals surface area contributed by atoms with E-state index in [0.717, 1.165) is 4.47 Å². The van der Waals surface area contributed by atoms with Crippen LogP contribution in [-0.4, -0.2) is 12.0 Å². The number of allylic oxidation sites excluding steroid dienone is 1. The molecule has 0 aliphatic rings. The summed E-state index contributed by atoms with van der Waals surface area (Å²) in [6, 6.07) is 5.40. The second-order valence-corrected chi connectivity index (χ2v) is 4.15. The quantitative estimate of drug-likeness (QED) is 0.668. The van der Waals surface area contributed by atoms with E-state index < -0.39 is 4.92 Å². The number of nitro groups is 1. The van der Waals surface area contributed by atoms with Crippen LogP contribution in [-0.2, 0) is 0 Å². The molecule has 0 spiro atoms. The molecule has 17 heavy (non-hydrogen) atoms. The molecule has 0 amide bonds. The minimum atomic E-state index is -0.404. The molecular formula is C11H13BrN2O3. The van der Waals surface area contributed by atoms with Gasteiger partial charge in [0, 0.05) is 10.9 Å². The molecule has 5 nitrogen and oxygen atoms in total. The Morgan fingerprint density at radius 3 is 2.88 bits per heavy atom. The first-order chi connectivity index (χ1) is 8.08. The normalized spacial score (nSPS) is 11.1. The molecule has 1 aromatic rings. The first-order valence-electron chi connectivity index (χ1n) is 5.02. The molecule has 0 heterocycles. The van der Waals surface area contributed by atoms with Crippen molar-refractivity contribution in [2.24, 2.45) is 0 Å². The summed E-state index contributed by atoms with van der Waals surface area (Å²) in [5, 5.41) is 13.5. The number of anilines is 1. The highest BCUT2D eigenvalue weighted by Gasteiger charge is 2.08. The van der Waals surface area contributed by atoms with Crippen molar-refractivity contribution in [2.75, 3.05) is 12.4 Å².